The van der Waals surface area contributed by atoms with E-state index in [1.165, 1.54) is 11.1 Å². The molecule has 3 aliphatic rings. The molecule has 3 aliphatic heterocycles. The smallest absolute Gasteiger partial charge is 0.273 e. The summed E-state index contributed by atoms with van der Waals surface area (Å²) in [7, 11) is 0. The Kier molecular flexibility index (Phi) is 13.6. The van der Waals surface area contributed by atoms with Crippen LogP contribution in [0.2, 0.25) is 0 Å². The molecule has 4 heterocycles. The molecule has 292 valence electrons. The monoisotopic (exact) mass is 762 g/mol. The minimum atomic E-state index is -0.291. The standard InChI is InChI=1S/C40H54N6O7S/c1-4-31(21-34(48)42-15-14-41-13-10-30-8-9-33(47)36-37(30)52-22-35(49)44-36)51-18-12-29-7-5-6-28(20-29)11-16-45-24-40(25-45)26-46(17-19-53-40)39(50)32-23-54-38(43-32)27(2)3/h5-9,20,23,27,31,41,47H,4,10-19,21-22,24-26H2,1-3H3,(H,42,48)(H,44,49). The molecule has 13 nitrogen and oxygen atoms in total. The van der Waals surface area contributed by atoms with Crippen LogP contribution in [0.3, 0.4) is 0 Å². The highest BCUT2D eigenvalue weighted by atomic mass is 32.1. The molecular weight excluding hydrogens is 709 g/mol. The molecule has 3 aromatic rings. The van der Waals surface area contributed by atoms with E-state index < -0.39 is 0 Å². The van der Waals surface area contributed by atoms with Crippen molar-refractivity contribution in [3.8, 4) is 11.5 Å². The van der Waals surface area contributed by atoms with Crippen LogP contribution in [0.4, 0.5) is 5.69 Å². The number of likely N-dealkylation sites (tertiary alicyclic amines) is 1. The molecule has 1 unspecified atom stereocenters. The van der Waals surface area contributed by atoms with Gasteiger partial charge in [-0.25, -0.2) is 4.98 Å². The zero-order valence-electron chi connectivity index (χ0n) is 31.7. The Morgan fingerprint density at radius 1 is 1.09 bits per heavy atom. The topological polar surface area (TPSA) is 155 Å². The number of hydrogen-bond donors (Lipinski definition) is 4. The third kappa shape index (κ3) is 10.4. The molecule has 0 aliphatic carbocycles. The predicted octanol–water partition coefficient (Wildman–Crippen LogP) is 3.75. The van der Waals surface area contributed by atoms with Crippen LogP contribution < -0.4 is 20.7 Å². The summed E-state index contributed by atoms with van der Waals surface area (Å²) in [6, 6.07) is 12.0. The number of rotatable bonds is 18. The zero-order chi connectivity index (χ0) is 38.1. The molecule has 2 saturated heterocycles. The van der Waals surface area contributed by atoms with Crippen LogP contribution in [0.15, 0.2) is 41.8 Å². The number of aromatic hydroxyl groups is 1. The van der Waals surface area contributed by atoms with E-state index >= 15 is 0 Å². The Hall–Kier alpha value is -4.08. The molecule has 3 amide bonds. The first-order chi connectivity index (χ1) is 26.1. The number of fused-ring (bicyclic) bond motifs is 1. The number of morpholine rings is 1. The molecule has 0 radical (unpaired) electrons. The van der Waals surface area contributed by atoms with Gasteiger partial charge >= 0.3 is 0 Å². The fraction of sp³-hybridized carbons (Fsp3) is 0.550. The van der Waals surface area contributed by atoms with Gasteiger partial charge in [0.05, 0.1) is 37.3 Å². The third-order valence-electron chi connectivity index (χ3n) is 10.1. The summed E-state index contributed by atoms with van der Waals surface area (Å²) in [5.74, 6) is 0.484. The van der Waals surface area contributed by atoms with Crippen molar-refractivity contribution >= 4 is 34.7 Å². The second-order valence-electron chi connectivity index (χ2n) is 14.8. The van der Waals surface area contributed by atoms with Crippen LogP contribution in [0.25, 0.3) is 0 Å². The summed E-state index contributed by atoms with van der Waals surface area (Å²) in [5.41, 5.74) is 3.96. The van der Waals surface area contributed by atoms with Crippen LogP contribution in [0.5, 0.6) is 11.5 Å². The van der Waals surface area contributed by atoms with Crippen LogP contribution in [-0.4, -0.2) is 121 Å². The molecular formula is C40H54N6O7S. The number of hydrogen-bond acceptors (Lipinski definition) is 11. The van der Waals surface area contributed by atoms with Gasteiger partial charge in [-0.2, -0.15) is 0 Å². The van der Waals surface area contributed by atoms with Crippen LogP contribution in [0.1, 0.15) is 71.7 Å². The first-order valence-corrected chi connectivity index (χ1v) is 20.0. The molecule has 14 heteroatoms. The number of thiazole rings is 1. The lowest BCUT2D eigenvalue weighted by Gasteiger charge is -2.54. The number of nitrogens with zero attached hydrogens (tertiary/aromatic N) is 3. The average molecular weight is 763 g/mol. The van der Waals surface area contributed by atoms with E-state index in [1.807, 2.05) is 17.2 Å². The van der Waals surface area contributed by atoms with Gasteiger partial charge in [0.1, 0.15) is 22.7 Å². The number of nitrogens with one attached hydrogen (secondary N) is 3. The summed E-state index contributed by atoms with van der Waals surface area (Å²) in [6.07, 6.45) is 3.28. The van der Waals surface area contributed by atoms with E-state index in [9.17, 15) is 19.5 Å². The summed E-state index contributed by atoms with van der Waals surface area (Å²) in [5, 5.41) is 21.9. The first-order valence-electron chi connectivity index (χ1n) is 19.2. The van der Waals surface area contributed by atoms with Crippen molar-refractivity contribution in [3.05, 3.63) is 69.2 Å². The Bertz CT molecular complexity index is 1760. The number of benzene rings is 2. The van der Waals surface area contributed by atoms with Gasteiger partial charge in [-0.05, 0) is 55.0 Å². The Labute approximate surface area is 321 Å². The number of phenols is 1. The largest absolute Gasteiger partial charge is 0.506 e. The highest BCUT2D eigenvalue weighted by molar-refractivity contribution is 7.09. The molecule has 1 spiro atoms. The summed E-state index contributed by atoms with van der Waals surface area (Å²) >= 11 is 1.56. The highest BCUT2D eigenvalue weighted by Crippen LogP contribution is 2.39. The quantitative estimate of drug-likeness (QED) is 0.111. The fourth-order valence-corrected chi connectivity index (χ4v) is 7.98. The minimum Gasteiger partial charge on any atom is -0.506 e. The number of carbonyl (C=O) groups is 3. The van der Waals surface area contributed by atoms with Crippen LogP contribution in [-0.2, 0) is 38.3 Å². The van der Waals surface area contributed by atoms with E-state index in [4.69, 9.17) is 14.2 Å². The Balaban J connectivity index is 0.840. The molecule has 1 aromatic heterocycles. The second-order valence-corrected chi connectivity index (χ2v) is 15.6. The number of ether oxygens (including phenoxy) is 3. The van der Waals surface area contributed by atoms with Gasteiger partial charge in [-0.3, -0.25) is 19.3 Å². The number of amides is 3. The fourth-order valence-electron chi connectivity index (χ4n) is 7.17. The van der Waals surface area contributed by atoms with Crippen molar-refractivity contribution < 1.29 is 33.7 Å². The SMILES string of the molecule is CCC(CC(=O)NCCNCCc1ccc(O)c2c1OCC(=O)N2)OCCc1cccc(CCN2CC3(C2)CN(C(=O)c2csc(C(C)C)n2)CCO3)c1. The van der Waals surface area contributed by atoms with E-state index in [2.05, 4.69) is 63.9 Å². The van der Waals surface area contributed by atoms with Crippen LogP contribution in [0, 0.1) is 0 Å². The van der Waals surface area contributed by atoms with Gasteiger partial charge in [0.2, 0.25) is 5.91 Å². The minimum absolute atomic E-state index is 0.00623. The van der Waals surface area contributed by atoms with E-state index in [0.29, 0.717) is 81.8 Å². The van der Waals surface area contributed by atoms with Gasteiger partial charge in [0.25, 0.3) is 11.8 Å². The molecule has 4 N–H and O–H groups in total. The van der Waals surface area contributed by atoms with Gasteiger partial charge < -0.3 is 40.2 Å². The van der Waals surface area contributed by atoms with Crippen molar-refractivity contribution in [2.45, 2.75) is 70.5 Å². The zero-order valence-corrected chi connectivity index (χ0v) is 32.5. The third-order valence-corrected chi connectivity index (χ3v) is 11.3. The van der Waals surface area contributed by atoms with Gasteiger partial charge in [-0.1, -0.05) is 51.1 Å². The first kappa shape index (κ1) is 39.6. The molecule has 1 atom stereocenters. The molecule has 54 heavy (non-hydrogen) atoms. The van der Waals surface area contributed by atoms with Crippen molar-refractivity contribution in [1.82, 2.24) is 25.4 Å². The number of phenolic OH excluding ortho intramolecular Hbond substituents is 1. The maximum Gasteiger partial charge on any atom is 0.273 e. The Morgan fingerprint density at radius 2 is 1.91 bits per heavy atom. The predicted molar refractivity (Wildman–Crippen MR) is 208 cm³/mol. The van der Waals surface area contributed by atoms with Crippen molar-refractivity contribution in [2.24, 2.45) is 0 Å². The van der Waals surface area contributed by atoms with E-state index in [-0.39, 0.29) is 41.8 Å². The van der Waals surface area contributed by atoms with Crippen molar-refractivity contribution in [3.63, 3.8) is 0 Å². The Morgan fingerprint density at radius 3 is 2.69 bits per heavy atom. The lowest BCUT2D eigenvalue weighted by molar-refractivity contribution is -0.176. The summed E-state index contributed by atoms with van der Waals surface area (Å²) in [6.45, 7) is 12.8. The molecule has 0 saturated carbocycles. The number of carbonyl (C=O) groups excluding carboxylic acids is 3. The summed E-state index contributed by atoms with van der Waals surface area (Å²) < 4.78 is 17.9. The second kappa shape index (κ2) is 18.5. The average Bonchev–Trinajstić information content (AvgIpc) is 3.66. The summed E-state index contributed by atoms with van der Waals surface area (Å²) in [4.78, 5) is 46.3. The molecule has 2 aromatic carbocycles. The van der Waals surface area contributed by atoms with Gasteiger partial charge in [-0.15, -0.1) is 11.3 Å². The molecule has 0 bridgehead atoms. The maximum atomic E-state index is 13.2. The number of anilines is 1. The van der Waals surface area contributed by atoms with E-state index in [0.717, 1.165) is 49.5 Å². The normalized spacial score (nSPS) is 17.1. The lowest BCUT2D eigenvalue weighted by Crippen LogP contribution is -2.70. The van der Waals surface area contributed by atoms with Crippen LogP contribution >= 0.6 is 11.3 Å². The highest BCUT2D eigenvalue weighted by Gasteiger charge is 2.48. The van der Waals surface area contributed by atoms with Gasteiger partial charge in [0, 0.05) is 50.6 Å². The number of aromatic nitrogens is 1. The van der Waals surface area contributed by atoms with Crippen molar-refractivity contribution in [1.29, 1.82) is 0 Å². The van der Waals surface area contributed by atoms with E-state index in [1.54, 1.807) is 23.5 Å². The van der Waals surface area contributed by atoms with Crippen molar-refractivity contribution in [2.75, 3.05) is 77.5 Å². The molecule has 2 fully saturated rings. The molecule has 6 rings (SSSR count). The lowest BCUT2D eigenvalue weighted by atomic mass is 9.91. The van der Waals surface area contributed by atoms with Gasteiger partial charge in [0.15, 0.2) is 12.4 Å². The maximum absolute atomic E-state index is 13.2.